The molecule has 4 rings (SSSR count). The van der Waals surface area contributed by atoms with E-state index in [0.717, 1.165) is 41.1 Å². The maximum Gasteiger partial charge on any atom is 0.121 e. The van der Waals surface area contributed by atoms with E-state index in [9.17, 15) is 5.11 Å². The van der Waals surface area contributed by atoms with Gasteiger partial charge in [0.25, 0.3) is 0 Å². The van der Waals surface area contributed by atoms with Crippen LogP contribution in [0.5, 0.6) is 11.5 Å². The molecular weight excluding hydrogens is 342 g/mol. The average molecular weight is 368 g/mol. The van der Waals surface area contributed by atoms with Crippen LogP contribution in [-0.4, -0.2) is 30.2 Å². The van der Waals surface area contributed by atoms with E-state index >= 15 is 0 Å². The summed E-state index contributed by atoms with van der Waals surface area (Å²) in [7, 11) is 1.69. The molecule has 1 atom stereocenters. The Labute approximate surface area is 158 Å². The van der Waals surface area contributed by atoms with Gasteiger partial charge in [0.2, 0.25) is 0 Å². The standard InChI is InChI=1S/C22H25NO2S/c1-15-9-11-23(12-10-15)22(20-4-3-13-26-20)21-18-14-17(25-2)7-5-16(18)6-8-19(21)24/h3-8,13-15,22,24H,9-12H2,1-2H3. The van der Waals surface area contributed by atoms with Gasteiger partial charge in [-0.25, -0.2) is 0 Å². The van der Waals surface area contributed by atoms with Gasteiger partial charge in [-0.15, -0.1) is 11.3 Å². The number of nitrogens with zero attached hydrogens (tertiary/aromatic N) is 1. The third kappa shape index (κ3) is 3.19. The number of ether oxygens (including phenoxy) is 1. The summed E-state index contributed by atoms with van der Waals surface area (Å²) in [5.74, 6) is 1.96. The number of phenols is 1. The van der Waals surface area contributed by atoms with E-state index in [1.165, 1.54) is 17.7 Å². The summed E-state index contributed by atoms with van der Waals surface area (Å²) in [6.45, 7) is 4.45. The zero-order valence-corrected chi connectivity index (χ0v) is 16.1. The summed E-state index contributed by atoms with van der Waals surface area (Å²) in [5, 5.41) is 15.2. The van der Waals surface area contributed by atoms with Crippen molar-refractivity contribution in [2.24, 2.45) is 5.92 Å². The molecule has 1 N–H and O–H groups in total. The van der Waals surface area contributed by atoms with Crippen LogP contribution in [0.3, 0.4) is 0 Å². The van der Waals surface area contributed by atoms with Crippen molar-refractivity contribution in [2.45, 2.75) is 25.8 Å². The fourth-order valence-electron chi connectivity index (χ4n) is 3.96. The number of aromatic hydroxyl groups is 1. The Morgan fingerprint density at radius 2 is 1.92 bits per heavy atom. The summed E-state index contributed by atoms with van der Waals surface area (Å²) in [6, 6.07) is 14.3. The first kappa shape index (κ1) is 17.4. The van der Waals surface area contributed by atoms with E-state index in [1.54, 1.807) is 18.4 Å². The summed E-state index contributed by atoms with van der Waals surface area (Å²) in [5.41, 5.74) is 0.999. The van der Waals surface area contributed by atoms with Crippen molar-refractivity contribution in [3.63, 3.8) is 0 Å². The molecule has 3 aromatic rings. The minimum absolute atomic E-state index is 0.0818. The lowest BCUT2D eigenvalue weighted by atomic mass is 9.92. The topological polar surface area (TPSA) is 32.7 Å². The van der Waals surface area contributed by atoms with Gasteiger partial charge in [0.05, 0.1) is 13.2 Å². The molecule has 0 amide bonds. The van der Waals surface area contributed by atoms with Gasteiger partial charge in [0, 0.05) is 10.4 Å². The van der Waals surface area contributed by atoms with Crippen molar-refractivity contribution in [2.75, 3.05) is 20.2 Å². The van der Waals surface area contributed by atoms with E-state index in [0.29, 0.717) is 5.75 Å². The summed E-state index contributed by atoms with van der Waals surface area (Å²) in [6.07, 6.45) is 2.41. The maximum absolute atomic E-state index is 10.9. The Morgan fingerprint density at radius 3 is 2.62 bits per heavy atom. The number of methoxy groups -OCH3 is 1. The van der Waals surface area contributed by atoms with Gasteiger partial charge < -0.3 is 9.84 Å². The van der Waals surface area contributed by atoms with Gasteiger partial charge in [-0.2, -0.15) is 0 Å². The van der Waals surface area contributed by atoms with Crippen molar-refractivity contribution in [3.8, 4) is 11.5 Å². The highest BCUT2D eigenvalue weighted by Crippen LogP contribution is 2.42. The molecule has 0 bridgehead atoms. The Balaban J connectivity index is 1.89. The molecular formula is C22H25NO2S. The molecule has 1 unspecified atom stereocenters. The molecule has 1 aliphatic heterocycles. The molecule has 4 heteroatoms. The maximum atomic E-state index is 10.9. The lowest BCUT2D eigenvalue weighted by Gasteiger charge is -2.37. The smallest absolute Gasteiger partial charge is 0.121 e. The molecule has 0 saturated carbocycles. The van der Waals surface area contributed by atoms with Gasteiger partial charge in [-0.05, 0) is 72.3 Å². The second kappa shape index (κ2) is 7.29. The second-order valence-corrected chi connectivity index (χ2v) is 8.20. The van der Waals surface area contributed by atoms with Crippen molar-refractivity contribution in [3.05, 3.63) is 58.3 Å². The number of rotatable bonds is 4. The summed E-state index contributed by atoms with van der Waals surface area (Å²) in [4.78, 5) is 3.81. The normalized spacial score (nSPS) is 17.5. The molecule has 0 spiro atoms. The van der Waals surface area contributed by atoms with Crippen LogP contribution < -0.4 is 4.74 Å². The van der Waals surface area contributed by atoms with E-state index < -0.39 is 0 Å². The zero-order chi connectivity index (χ0) is 18.1. The van der Waals surface area contributed by atoms with Gasteiger partial charge in [0.15, 0.2) is 0 Å². The van der Waals surface area contributed by atoms with Gasteiger partial charge in [-0.3, -0.25) is 4.90 Å². The average Bonchev–Trinajstić information content (AvgIpc) is 3.19. The number of benzene rings is 2. The summed E-state index contributed by atoms with van der Waals surface area (Å²) < 4.78 is 5.45. The lowest BCUT2D eigenvalue weighted by molar-refractivity contribution is 0.158. The Kier molecular flexibility index (Phi) is 4.88. The highest BCUT2D eigenvalue weighted by molar-refractivity contribution is 7.10. The molecule has 0 radical (unpaired) electrons. The monoisotopic (exact) mass is 367 g/mol. The number of thiophene rings is 1. The number of likely N-dealkylation sites (tertiary alicyclic amines) is 1. The predicted octanol–water partition coefficient (Wildman–Crippen LogP) is 5.44. The SMILES string of the molecule is COc1ccc2ccc(O)c(C(c3cccs3)N3CCC(C)CC3)c2c1. The highest BCUT2D eigenvalue weighted by Gasteiger charge is 2.30. The third-order valence-electron chi connectivity index (χ3n) is 5.52. The van der Waals surface area contributed by atoms with Crippen LogP contribution in [-0.2, 0) is 0 Å². The van der Waals surface area contributed by atoms with Crippen LogP contribution in [0.2, 0.25) is 0 Å². The molecule has 136 valence electrons. The number of fused-ring (bicyclic) bond motifs is 1. The highest BCUT2D eigenvalue weighted by atomic mass is 32.1. The van der Waals surface area contributed by atoms with Crippen LogP contribution in [0.15, 0.2) is 47.8 Å². The van der Waals surface area contributed by atoms with Crippen molar-refractivity contribution < 1.29 is 9.84 Å². The van der Waals surface area contributed by atoms with Crippen LogP contribution in [0.25, 0.3) is 10.8 Å². The molecule has 3 nitrogen and oxygen atoms in total. The van der Waals surface area contributed by atoms with Gasteiger partial charge in [-0.1, -0.05) is 25.1 Å². The quantitative estimate of drug-likeness (QED) is 0.667. The second-order valence-electron chi connectivity index (χ2n) is 7.22. The third-order valence-corrected chi connectivity index (χ3v) is 6.44. The Morgan fingerprint density at radius 1 is 1.15 bits per heavy atom. The van der Waals surface area contributed by atoms with Gasteiger partial charge in [0.1, 0.15) is 11.5 Å². The molecule has 1 fully saturated rings. The lowest BCUT2D eigenvalue weighted by Crippen LogP contribution is -2.36. The number of piperidine rings is 1. The molecule has 1 saturated heterocycles. The first-order valence-corrected chi connectivity index (χ1v) is 10.1. The predicted molar refractivity (Wildman–Crippen MR) is 108 cm³/mol. The van der Waals surface area contributed by atoms with Crippen molar-refractivity contribution in [1.82, 2.24) is 4.90 Å². The fraction of sp³-hybridized carbons (Fsp3) is 0.364. The first-order chi connectivity index (χ1) is 12.7. The van der Waals surface area contributed by atoms with E-state index in [1.807, 2.05) is 18.2 Å². The van der Waals surface area contributed by atoms with Crippen LogP contribution in [0, 0.1) is 5.92 Å². The number of hydrogen-bond donors (Lipinski definition) is 1. The zero-order valence-electron chi connectivity index (χ0n) is 15.3. The molecule has 1 aliphatic rings. The minimum Gasteiger partial charge on any atom is -0.508 e. The van der Waals surface area contributed by atoms with Crippen LogP contribution in [0.4, 0.5) is 0 Å². The molecule has 0 aliphatic carbocycles. The Hall–Kier alpha value is -2.04. The molecule has 26 heavy (non-hydrogen) atoms. The summed E-state index contributed by atoms with van der Waals surface area (Å²) >= 11 is 1.76. The minimum atomic E-state index is 0.0818. The van der Waals surface area contributed by atoms with Crippen LogP contribution >= 0.6 is 11.3 Å². The van der Waals surface area contributed by atoms with E-state index in [2.05, 4.69) is 41.5 Å². The fourth-order valence-corrected chi connectivity index (χ4v) is 4.83. The van der Waals surface area contributed by atoms with Gasteiger partial charge >= 0.3 is 0 Å². The Bertz CT molecular complexity index is 883. The van der Waals surface area contributed by atoms with Crippen molar-refractivity contribution >= 4 is 22.1 Å². The van der Waals surface area contributed by atoms with E-state index in [-0.39, 0.29) is 6.04 Å². The molecule has 1 aromatic heterocycles. The first-order valence-electron chi connectivity index (χ1n) is 9.24. The number of hydrogen-bond acceptors (Lipinski definition) is 4. The largest absolute Gasteiger partial charge is 0.508 e. The molecule has 2 aromatic carbocycles. The molecule has 2 heterocycles. The van der Waals surface area contributed by atoms with Crippen molar-refractivity contribution in [1.29, 1.82) is 0 Å². The number of phenolic OH excluding ortho intramolecular Hbond substituents is 1. The van der Waals surface area contributed by atoms with E-state index in [4.69, 9.17) is 4.74 Å². The van der Waals surface area contributed by atoms with Crippen LogP contribution in [0.1, 0.15) is 36.2 Å².